The lowest BCUT2D eigenvalue weighted by Gasteiger charge is -2.29. The van der Waals surface area contributed by atoms with Gasteiger partial charge < -0.3 is 29.0 Å². The summed E-state index contributed by atoms with van der Waals surface area (Å²) in [6.45, 7) is 8.95. The Hall–Kier alpha value is -4.34. The van der Waals surface area contributed by atoms with Crippen LogP contribution in [0.2, 0.25) is 0 Å². The largest absolute Gasteiger partial charge is 0.507 e. The van der Waals surface area contributed by atoms with Crippen molar-refractivity contribution in [1.82, 2.24) is 9.80 Å². The Kier molecular flexibility index (Phi) is 10.2. The molecule has 9 nitrogen and oxygen atoms in total. The second-order valence-corrected chi connectivity index (χ2v) is 10.9. The topological polar surface area (TPSA) is 97.8 Å². The molecular formula is C35H40N2O7. The summed E-state index contributed by atoms with van der Waals surface area (Å²) in [6, 6.07) is 19.5. The van der Waals surface area contributed by atoms with Crippen LogP contribution in [-0.2, 0) is 20.9 Å². The van der Waals surface area contributed by atoms with E-state index in [4.69, 9.17) is 18.9 Å². The van der Waals surface area contributed by atoms with Crippen molar-refractivity contribution in [2.24, 2.45) is 0 Å². The van der Waals surface area contributed by atoms with Gasteiger partial charge >= 0.3 is 0 Å². The molecular weight excluding hydrogens is 560 g/mol. The average Bonchev–Trinajstić information content (AvgIpc) is 3.29. The number of likely N-dealkylation sites (tertiary alicyclic amines) is 1. The van der Waals surface area contributed by atoms with E-state index in [1.165, 1.54) is 0 Å². The van der Waals surface area contributed by atoms with Gasteiger partial charge in [0.25, 0.3) is 11.7 Å². The molecule has 0 spiro atoms. The highest BCUT2D eigenvalue weighted by Crippen LogP contribution is 2.42. The molecule has 3 aromatic rings. The van der Waals surface area contributed by atoms with Crippen LogP contribution in [0.4, 0.5) is 0 Å². The van der Waals surface area contributed by atoms with Gasteiger partial charge in [-0.3, -0.25) is 14.5 Å². The number of morpholine rings is 1. The standard InChI is InChI=1S/C35H40N2O7/c1-4-43-29-14-11-27(22-30(29)41-3)32-31(34(39)35(40)37(32)16-6-15-36-17-19-42-20-18-36)33(38)26-9-12-28(13-10-26)44-23-25-8-5-7-24(2)21-25/h5,7-14,21-22,32,38H,4,6,15-20,23H2,1-3H3. The predicted octanol–water partition coefficient (Wildman–Crippen LogP) is 5.13. The molecule has 44 heavy (non-hydrogen) atoms. The van der Waals surface area contributed by atoms with Gasteiger partial charge in [0.05, 0.1) is 38.5 Å². The summed E-state index contributed by atoms with van der Waals surface area (Å²) in [4.78, 5) is 30.8. The first-order chi connectivity index (χ1) is 21.4. The van der Waals surface area contributed by atoms with Crippen LogP contribution < -0.4 is 14.2 Å². The van der Waals surface area contributed by atoms with Crippen LogP contribution in [0.25, 0.3) is 5.76 Å². The van der Waals surface area contributed by atoms with Crippen molar-refractivity contribution in [3.05, 3.63) is 94.6 Å². The molecule has 2 aliphatic rings. The van der Waals surface area contributed by atoms with E-state index in [2.05, 4.69) is 11.0 Å². The number of aliphatic hydroxyl groups excluding tert-OH is 1. The molecule has 5 rings (SSSR count). The van der Waals surface area contributed by atoms with E-state index >= 15 is 0 Å². The number of Topliss-reactive ketones (excluding diaryl/α,β-unsaturated/α-hetero) is 1. The number of aryl methyl sites for hydroxylation is 1. The lowest BCUT2D eigenvalue weighted by Crippen LogP contribution is -2.39. The smallest absolute Gasteiger partial charge is 0.295 e. The van der Waals surface area contributed by atoms with Gasteiger partial charge in [0.1, 0.15) is 18.1 Å². The second kappa shape index (κ2) is 14.4. The third-order valence-corrected chi connectivity index (χ3v) is 7.94. The Morgan fingerprint density at radius 1 is 0.955 bits per heavy atom. The number of carbonyl (C=O) groups excluding carboxylic acids is 2. The number of rotatable bonds is 12. The molecule has 1 N–H and O–H groups in total. The number of aliphatic hydroxyl groups is 1. The summed E-state index contributed by atoms with van der Waals surface area (Å²) < 4.78 is 22.7. The summed E-state index contributed by atoms with van der Waals surface area (Å²) in [5, 5.41) is 11.5. The maximum Gasteiger partial charge on any atom is 0.295 e. The van der Waals surface area contributed by atoms with Gasteiger partial charge in [-0.15, -0.1) is 0 Å². The molecule has 9 heteroatoms. The normalized spacial score (nSPS) is 18.4. The third kappa shape index (κ3) is 7.06. The van der Waals surface area contributed by atoms with Gasteiger partial charge in [0.15, 0.2) is 11.5 Å². The quantitative estimate of drug-likeness (QED) is 0.174. The molecule has 2 aliphatic heterocycles. The highest BCUT2D eigenvalue weighted by Gasteiger charge is 2.46. The fourth-order valence-corrected chi connectivity index (χ4v) is 5.71. The molecule has 2 fully saturated rings. The molecule has 3 aromatic carbocycles. The lowest BCUT2D eigenvalue weighted by atomic mass is 9.95. The molecule has 0 aliphatic carbocycles. The van der Waals surface area contributed by atoms with Gasteiger partial charge in [0, 0.05) is 31.7 Å². The van der Waals surface area contributed by atoms with E-state index < -0.39 is 17.7 Å². The monoisotopic (exact) mass is 600 g/mol. The van der Waals surface area contributed by atoms with E-state index in [0.717, 1.165) is 30.8 Å². The predicted molar refractivity (Wildman–Crippen MR) is 167 cm³/mol. The molecule has 1 amide bonds. The Morgan fingerprint density at radius 2 is 1.73 bits per heavy atom. The first kappa shape index (κ1) is 31.1. The zero-order valence-electron chi connectivity index (χ0n) is 25.6. The molecule has 0 bridgehead atoms. The Balaban J connectivity index is 1.43. The van der Waals surface area contributed by atoms with Crippen molar-refractivity contribution in [3.8, 4) is 17.2 Å². The number of benzene rings is 3. The number of hydrogen-bond acceptors (Lipinski definition) is 8. The van der Waals surface area contributed by atoms with E-state index in [-0.39, 0.29) is 11.3 Å². The molecule has 2 saturated heterocycles. The highest BCUT2D eigenvalue weighted by atomic mass is 16.5. The number of methoxy groups -OCH3 is 1. The SMILES string of the molecule is CCOc1ccc(C2C(=C(O)c3ccc(OCc4cccc(C)c4)cc3)C(=O)C(=O)N2CCCN2CCOCC2)cc1OC. The van der Waals surface area contributed by atoms with E-state index in [1.807, 2.05) is 38.1 Å². The van der Waals surface area contributed by atoms with Crippen LogP contribution in [0, 0.1) is 6.92 Å². The zero-order valence-corrected chi connectivity index (χ0v) is 25.6. The average molecular weight is 601 g/mol. The summed E-state index contributed by atoms with van der Waals surface area (Å²) in [5.74, 6) is 0.0835. The lowest BCUT2D eigenvalue weighted by molar-refractivity contribution is -0.140. The Labute approximate surface area is 258 Å². The van der Waals surface area contributed by atoms with E-state index in [9.17, 15) is 14.7 Å². The van der Waals surface area contributed by atoms with Crippen LogP contribution in [-0.4, -0.2) is 79.7 Å². The zero-order chi connectivity index (χ0) is 31.1. The number of amides is 1. The molecule has 0 aromatic heterocycles. The minimum Gasteiger partial charge on any atom is -0.507 e. The summed E-state index contributed by atoms with van der Waals surface area (Å²) in [5.41, 5.74) is 3.32. The molecule has 1 unspecified atom stereocenters. The molecule has 0 saturated carbocycles. The number of hydrogen-bond donors (Lipinski definition) is 1. The number of ketones is 1. The molecule has 0 radical (unpaired) electrons. The third-order valence-electron chi connectivity index (χ3n) is 7.94. The van der Waals surface area contributed by atoms with Gasteiger partial charge in [-0.05, 0) is 67.8 Å². The van der Waals surface area contributed by atoms with Gasteiger partial charge in [0.2, 0.25) is 0 Å². The molecule has 232 valence electrons. The van der Waals surface area contributed by atoms with Crippen LogP contribution >= 0.6 is 0 Å². The first-order valence-corrected chi connectivity index (χ1v) is 15.1. The van der Waals surface area contributed by atoms with Crippen molar-refractivity contribution in [2.75, 3.05) is 53.1 Å². The van der Waals surface area contributed by atoms with E-state index in [0.29, 0.717) is 67.8 Å². The number of nitrogens with zero attached hydrogens (tertiary/aromatic N) is 2. The van der Waals surface area contributed by atoms with Gasteiger partial charge in [-0.2, -0.15) is 0 Å². The summed E-state index contributed by atoms with van der Waals surface area (Å²) in [6.07, 6.45) is 0.671. The van der Waals surface area contributed by atoms with Crippen molar-refractivity contribution in [3.63, 3.8) is 0 Å². The van der Waals surface area contributed by atoms with Crippen molar-refractivity contribution in [2.45, 2.75) is 32.9 Å². The minimum atomic E-state index is -0.790. The minimum absolute atomic E-state index is 0.0426. The first-order valence-electron chi connectivity index (χ1n) is 15.1. The highest BCUT2D eigenvalue weighted by molar-refractivity contribution is 6.46. The summed E-state index contributed by atoms with van der Waals surface area (Å²) >= 11 is 0. The maximum absolute atomic E-state index is 13.5. The fourth-order valence-electron chi connectivity index (χ4n) is 5.71. The Bertz CT molecular complexity index is 1500. The van der Waals surface area contributed by atoms with E-state index in [1.54, 1.807) is 48.4 Å². The fraction of sp³-hybridized carbons (Fsp3) is 0.371. The van der Waals surface area contributed by atoms with Gasteiger partial charge in [-0.1, -0.05) is 35.9 Å². The Morgan fingerprint density at radius 3 is 2.43 bits per heavy atom. The summed E-state index contributed by atoms with van der Waals surface area (Å²) in [7, 11) is 1.55. The molecule has 1 atom stereocenters. The molecule has 2 heterocycles. The van der Waals surface area contributed by atoms with Gasteiger partial charge in [-0.25, -0.2) is 0 Å². The second-order valence-electron chi connectivity index (χ2n) is 10.9. The van der Waals surface area contributed by atoms with Crippen LogP contribution in [0.5, 0.6) is 17.2 Å². The number of ether oxygens (including phenoxy) is 4. The van der Waals surface area contributed by atoms with Crippen molar-refractivity contribution in [1.29, 1.82) is 0 Å². The van der Waals surface area contributed by atoms with Crippen LogP contribution in [0.15, 0.2) is 72.3 Å². The van der Waals surface area contributed by atoms with Crippen LogP contribution in [0.3, 0.4) is 0 Å². The number of carbonyl (C=O) groups is 2. The van der Waals surface area contributed by atoms with Crippen molar-refractivity contribution >= 4 is 17.4 Å². The van der Waals surface area contributed by atoms with Crippen molar-refractivity contribution < 1.29 is 33.6 Å². The van der Waals surface area contributed by atoms with Crippen LogP contribution in [0.1, 0.15) is 41.6 Å². The maximum atomic E-state index is 13.5.